The zero-order chi connectivity index (χ0) is 24.4. The molecule has 0 bridgehead atoms. The van der Waals surface area contributed by atoms with Crippen LogP contribution in [0.4, 0.5) is 0 Å². The van der Waals surface area contributed by atoms with E-state index in [0.717, 1.165) is 50.6 Å². The van der Waals surface area contributed by atoms with Crippen molar-refractivity contribution in [3.63, 3.8) is 0 Å². The Morgan fingerprint density at radius 1 is 0.939 bits per heavy atom. The van der Waals surface area contributed by atoms with Crippen LogP contribution in [0, 0.1) is 5.92 Å². The molecule has 0 aliphatic heterocycles. The summed E-state index contributed by atoms with van der Waals surface area (Å²) >= 11 is 0. The number of rotatable bonds is 20. The van der Waals surface area contributed by atoms with Gasteiger partial charge in [0.25, 0.3) is 0 Å². The lowest BCUT2D eigenvalue weighted by Crippen LogP contribution is -2.57. The fraction of sp³-hybridized carbons (Fsp3) is 0.724. The number of ether oxygens (including phenoxy) is 1. The molecule has 4 nitrogen and oxygen atoms in total. The molecule has 2 unspecified atom stereocenters. The van der Waals surface area contributed by atoms with Gasteiger partial charge in [-0.15, -0.1) is 6.58 Å². The molecular weight excluding hydrogens is 410 g/mol. The first-order chi connectivity index (χ1) is 16.0. The average molecular weight is 460 g/mol. The molecule has 0 aromatic heterocycles. The Kier molecular flexibility index (Phi) is 15.8. The molecule has 0 saturated carbocycles. The summed E-state index contributed by atoms with van der Waals surface area (Å²) in [7, 11) is 0. The highest BCUT2D eigenvalue weighted by Gasteiger charge is 2.46. The summed E-state index contributed by atoms with van der Waals surface area (Å²) in [5, 5.41) is 0. The van der Waals surface area contributed by atoms with E-state index in [1.165, 1.54) is 51.4 Å². The topological polar surface area (TPSA) is 46.6 Å². The summed E-state index contributed by atoms with van der Waals surface area (Å²) in [4.78, 5) is 27.9. The third-order valence-corrected chi connectivity index (χ3v) is 6.60. The molecule has 4 heteroatoms. The van der Waals surface area contributed by atoms with Crippen LogP contribution in [0.2, 0.25) is 0 Å². The minimum Gasteiger partial charge on any atom is -0.465 e. The van der Waals surface area contributed by atoms with Gasteiger partial charge in [0.1, 0.15) is 17.7 Å². The van der Waals surface area contributed by atoms with Crippen molar-refractivity contribution < 1.29 is 14.3 Å². The van der Waals surface area contributed by atoms with E-state index in [1.807, 2.05) is 31.2 Å². The van der Waals surface area contributed by atoms with Crippen LogP contribution in [0.5, 0.6) is 0 Å². The van der Waals surface area contributed by atoms with Crippen LogP contribution in [0.3, 0.4) is 0 Å². The molecule has 33 heavy (non-hydrogen) atoms. The molecule has 0 radical (unpaired) electrons. The van der Waals surface area contributed by atoms with Crippen LogP contribution in [0.25, 0.3) is 0 Å². The number of carbonyl (C=O) groups is 2. The fourth-order valence-electron chi connectivity index (χ4n) is 4.48. The van der Waals surface area contributed by atoms with E-state index < -0.39 is 11.5 Å². The predicted octanol–water partition coefficient (Wildman–Crippen LogP) is 7.20. The first-order valence-electron chi connectivity index (χ1n) is 13.4. The first kappa shape index (κ1) is 29.4. The van der Waals surface area contributed by atoms with Gasteiger partial charge in [-0.25, -0.2) is 0 Å². The molecular formula is C29H49NO3. The molecule has 0 saturated heterocycles. The van der Waals surface area contributed by atoms with Crippen molar-refractivity contribution in [3.8, 4) is 0 Å². The van der Waals surface area contributed by atoms with Crippen LogP contribution < -0.4 is 0 Å². The number of allylic oxidation sites excluding steroid dienone is 2. The maximum absolute atomic E-state index is 13.0. The molecule has 188 valence electrons. The van der Waals surface area contributed by atoms with Crippen molar-refractivity contribution in [2.75, 3.05) is 19.7 Å². The summed E-state index contributed by atoms with van der Waals surface area (Å²) in [6.07, 6.45) is 23.6. The van der Waals surface area contributed by atoms with Crippen molar-refractivity contribution in [1.82, 2.24) is 4.90 Å². The molecule has 0 spiro atoms. The quantitative estimate of drug-likeness (QED) is 0.0836. The first-order valence-corrected chi connectivity index (χ1v) is 13.4. The monoisotopic (exact) mass is 459 g/mol. The van der Waals surface area contributed by atoms with Gasteiger partial charge in [0.05, 0.1) is 6.61 Å². The van der Waals surface area contributed by atoms with E-state index >= 15 is 0 Å². The third kappa shape index (κ3) is 10.9. The van der Waals surface area contributed by atoms with E-state index in [4.69, 9.17) is 4.74 Å². The normalized spacial score (nSPS) is 19.7. The lowest BCUT2D eigenvalue weighted by molar-refractivity contribution is -0.152. The van der Waals surface area contributed by atoms with Crippen molar-refractivity contribution in [2.24, 2.45) is 5.92 Å². The average Bonchev–Trinajstić information content (AvgIpc) is 2.81. The van der Waals surface area contributed by atoms with E-state index in [-0.39, 0.29) is 5.97 Å². The van der Waals surface area contributed by atoms with Crippen molar-refractivity contribution in [3.05, 3.63) is 36.5 Å². The Labute approximate surface area is 203 Å². The maximum Gasteiger partial charge on any atom is 0.315 e. The third-order valence-electron chi connectivity index (χ3n) is 6.60. The molecule has 0 heterocycles. The van der Waals surface area contributed by atoms with E-state index in [1.54, 1.807) is 0 Å². The summed E-state index contributed by atoms with van der Waals surface area (Å²) in [5.41, 5.74) is 0.0262. The number of aldehydes is 1. The standard InChI is InChI=1S/C29H49NO3/c1-5-7-9-11-13-17-22-30(23-18-14-12-10-8-6-2)29(25-31)21-16-15-19-27(29)28(32)33-24-20-26(3)4/h15-16,19,21,25,27H,3,5-14,17-18,20,22-24H2,1-2,4H3. The van der Waals surface area contributed by atoms with Gasteiger partial charge in [0, 0.05) is 6.42 Å². The molecule has 0 aromatic rings. The van der Waals surface area contributed by atoms with Gasteiger partial charge in [-0.2, -0.15) is 0 Å². The van der Waals surface area contributed by atoms with Gasteiger partial charge < -0.3 is 9.53 Å². The predicted molar refractivity (Wildman–Crippen MR) is 139 cm³/mol. The Hall–Kier alpha value is -1.68. The minimum atomic E-state index is -0.956. The molecule has 1 aliphatic rings. The number of carbonyl (C=O) groups excluding carboxylic acids is 2. The highest BCUT2D eigenvalue weighted by atomic mass is 16.5. The van der Waals surface area contributed by atoms with Gasteiger partial charge in [0.2, 0.25) is 0 Å². The number of hydrogen-bond donors (Lipinski definition) is 0. The molecule has 0 N–H and O–H groups in total. The summed E-state index contributed by atoms with van der Waals surface area (Å²) in [6, 6.07) is 0. The molecule has 1 rings (SSSR count). The zero-order valence-electron chi connectivity index (χ0n) is 21.7. The Balaban J connectivity index is 2.87. The highest BCUT2D eigenvalue weighted by molar-refractivity contribution is 5.86. The Morgan fingerprint density at radius 2 is 1.48 bits per heavy atom. The summed E-state index contributed by atoms with van der Waals surface area (Å²) in [6.45, 7) is 12.2. The second-order valence-electron chi connectivity index (χ2n) is 9.62. The lowest BCUT2D eigenvalue weighted by Gasteiger charge is -2.42. The zero-order valence-corrected chi connectivity index (χ0v) is 21.7. The largest absolute Gasteiger partial charge is 0.465 e. The molecule has 1 aliphatic carbocycles. The fourth-order valence-corrected chi connectivity index (χ4v) is 4.48. The van der Waals surface area contributed by atoms with Crippen LogP contribution in [0.1, 0.15) is 104 Å². The van der Waals surface area contributed by atoms with Crippen LogP contribution >= 0.6 is 0 Å². The number of hydrogen-bond acceptors (Lipinski definition) is 4. The van der Waals surface area contributed by atoms with Gasteiger partial charge in [-0.3, -0.25) is 9.69 Å². The van der Waals surface area contributed by atoms with Gasteiger partial charge in [-0.05, 0) is 32.9 Å². The lowest BCUT2D eigenvalue weighted by atomic mass is 9.79. The number of unbranched alkanes of at least 4 members (excludes halogenated alkanes) is 10. The summed E-state index contributed by atoms with van der Waals surface area (Å²) in [5.74, 6) is -0.926. The van der Waals surface area contributed by atoms with Crippen molar-refractivity contribution in [2.45, 2.75) is 110 Å². The van der Waals surface area contributed by atoms with Gasteiger partial charge in [-0.1, -0.05) is 108 Å². The van der Waals surface area contributed by atoms with Crippen LogP contribution in [0.15, 0.2) is 36.5 Å². The van der Waals surface area contributed by atoms with E-state index in [0.29, 0.717) is 13.0 Å². The molecule has 2 atom stereocenters. The Morgan fingerprint density at radius 3 is 2.00 bits per heavy atom. The van der Waals surface area contributed by atoms with Crippen LogP contribution in [-0.2, 0) is 14.3 Å². The SMILES string of the molecule is C=C(C)CCOC(=O)C1C=CC=CC1(C=O)N(CCCCCCCC)CCCCCCCC. The molecule has 0 aromatic carbocycles. The van der Waals surface area contributed by atoms with Crippen LogP contribution in [-0.4, -0.2) is 42.4 Å². The summed E-state index contributed by atoms with van der Waals surface area (Å²) < 4.78 is 5.57. The maximum atomic E-state index is 13.0. The van der Waals surface area contributed by atoms with E-state index in [2.05, 4.69) is 25.3 Å². The molecule has 0 fully saturated rings. The highest BCUT2D eigenvalue weighted by Crippen LogP contribution is 2.32. The Bertz CT molecular complexity index is 608. The van der Waals surface area contributed by atoms with Crippen molar-refractivity contribution in [1.29, 1.82) is 0 Å². The second-order valence-corrected chi connectivity index (χ2v) is 9.62. The minimum absolute atomic E-state index is 0.312. The number of esters is 1. The van der Waals surface area contributed by atoms with E-state index in [9.17, 15) is 9.59 Å². The number of nitrogens with zero attached hydrogens (tertiary/aromatic N) is 1. The van der Waals surface area contributed by atoms with Crippen molar-refractivity contribution >= 4 is 12.3 Å². The van der Waals surface area contributed by atoms with Gasteiger partial charge in [0.15, 0.2) is 0 Å². The van der Waals surface area contributed by atoms with Gasteiger partial charge >= 0.3 is 5.97 Å². The second kappa shape index (κ2) is 17.8. The smallest absolute Gasteiger partial charge is 0.315 e. The molecule has 0 amide bonds.